The number of carbonyl (C=O) groups excluding carboxylic acids is 1. The summed E-state index contributed by atoms with van der Waals surface area (Å²) < 4.78 is 38.5. The molecule has 0 aliphatic rings. The SMILES string of the molecule is CCN(C(=O)c1ccc(C(F)(F)F)cc1)c1ccc2nc(S)sc2n1. The average Bonchev–Trinajstić information content (AvgIpc) is 2.94. The Hall–Kier alpha value is -2.13. The van der Waals surface area contributed by atoms with E-state index >= 15 is 0 Å². The lowest BCUT2D eigenvalue weighted by molar-refractivity contribution is -0.137. The van der Waals surface area contributed by atoms with Crippen LogP contribution in [-0.2, 0) is 6.18 Å². The van der Waals surface area contributed by atoms with Gasteiger partial charge >= 0.3 is 6.18 Å². The summed E-state index contributed by atoms with van der Waals surface area (Å²) in [6.45, 7) is 2.09. The molecule has 0 N–H and O–H groups in total. The number of thiazole rings is 1. The third-order valence-corrected chi connectivity index (χ3v) is 4.67. The van der Waals surface area contributed by atoms with Crippen molar-refractivity contribution in [1.82, 2.24) is 9.97 Å². The Morgan fingerprint density at radius 1 is 1.16 bits per heavy atom. The molecule has 4 nitrogen and oxygen atoms in total. The van der Waals surface area contributed by atoms with Crippen LogP contribution in [-0.4, -0.2) is 22.4 Å². The van der Waals surface area contributed by atoms with Gasteiger partial charge in [0.05, 0.1) is 5.56 Å². The molecule has 0 saturated carbocycles. The summed E-state index contributed by atoms with van der Waals surface area (Å²) in [5.41, 5.74) is 0.0466. The maximum atomic E-state index is 12.7. The number of thiol groups is 1. The van der Waals surface area contributed by atoms with Gasteiger partial charge in [-0.25, -0.2) is 9.97 Å². The highest BCUT2D eigenvalue weighted by atomic mass is 32.2. The van der Waals surface area contributed by atoms with Gasteiger partial charge in [-0.05, 0) is 43.3 Å². The minimum absolute atomic E-state index is 0.163. The van der Waals surface area contributed by atoms with Crippen LogP contribution in [0.2, 0.25) is 0 Å². The van der Waals surface area contributed by atoms with E-state index in [-0.39, 0.29) is 5.56 Å². The maximum Gasteiger partial charge on any atom is 0.416 e. The Morgan fingerprint density at radius 3 is 2.44 bits per heavy atom. The number of hydrogen-bond donors (Lipinski definition) is 1. The lowest BCUT2D eigenvalue weighted by atomic mass is 10.1. The quantitative estimate of drug-likeness (QED) is 0.669. The van der Waals surface area contributed by atoms with Crippen molar-refractivity contribution < 1.29 is 18.0 Å². The maximum absolute atomic E-state index is 12.7. The second-order valence-corrected chi connectivity index (χ2v) is 6.82. The van der Waals surface area contributed by atoms with Crippen molar-refractivity contribution in [2.24, 2.45) is 0 Å². The van der Waals surface area contributed by atoms with E-state index in [1.165, 1.54) is 28.4 Å². The van der Waals surface area contributed by atoms with Gasteiger partial charge in [-0.15, -0.1) is 12.6 Å². The predicted octanol–water partition coefficient (Wildman–Crippen LogP) is 4.67. The molecule has 0 atom stereocenters. The van der Waals surface area contributed by atoms with Gasteiger partial charge in [0.25, 0.3) is 5.91 Å². The molecule has 0 saturated heterocycles. The number of halogens is 3. The van der Waals surface area contributed by atoms with Crippen molar-refractivity contribution in [3.63, 3.8) is 0 Å². The number of fused-ring (bicyclic) bond motifs is 1. The molecule has 130 valence electrons. The number of carbonyl (C=O) groups is 1. The molecule has 3 rings (SSSR count). The van der Waals surface area contributed by atoms with Crippen LogP contribution in [0.4, 0.5) is 19.0 Å². The van der Waals surface area contributed by atoms with E-state index in [9.17, 15) is 18.0 Å². The first-order valence-corrected chi connectivity index (χ1v) is 8.51. The molecule has 0 spiro atoms. The lowest BCUT2D eigenvalue weighted by Crippen LogP contribution is -2.31. The van der Waals surface area contributed by atoms with E-state index in [1.54, 1.807) is 19.1 Å². The number of pyridine rings is 1. The normalized spacial score (nSPS) is 11.7. The number of aromatic nitrogens is 2. The van der Waals surface area contributed by atoms with E-state index in [1.807, 2.05) is 0 Å². The highest BCUT2D eigenvalue weighted by Gasteiger charge is 2.30. The summed E-state index contributed by atoms with van der Waals surface area (Å²) >= 11 is 5.46. The fourth-order valence-corrected chi connectivity index (χ4v) is 3.35. The number of amides is 1. The third-order valence-electron chi connectivity index (χ3n) is 3.53. The molecule has 0 bridgehead atoms. The van der Waals surface area contributed by atoms with E-state index in [2.05, 4.69) is 22.6 Å². The number of hydrogen-bond acceptors (Lipinski definition) is 5. The van der Waals surface area contributed by atoms with Gasteiger partial charge < -0.3 is 0 Å². The van der Waals surface area contributed by atoms with E-state index in [0.717, 1.165) is 12.1 Å². The smallest absolute Gasteiger partial charge is 0.293 e. The number of benzene rings is 1. The molecule has 0 radical (unpaired) electrons. The van der Waals surface area contributed by atoms with Crippen LogP contribution in [0.3, 0.4) is 0 Å². The molecule has 2 aromatic heterocycles. The predicted molar refractivity (Wildman–Crippen MR) is 93.5 cm³/mol. The number of rotatable bonds is 3. The van der Waals surface area contributed by atoms with Crippen LogP contribution in [0.1, 0.15) is 22.8 Å². The molecule has 0 aliphatic heterocycles. The molecular weight excluding hydrogens is 371 g/mol. The summed E-state index contributed by atoms with van der Waals surface area (Å²) in [6.07, 6.45) is -4.44. The zero-order valence-corrected chi connectivity index (χ0v) is 14.6. The van der Waals surface area contributed by atoms with Crippen molar-refractivity contribution in [2.45, 2.75) is 17.4 Å². The Labute approximate surface area is 150 Å². The van der Waals surface area contributed by atoms with Crippen LogP contribution in [0.25, 0.3) is 10.3 Å². The molecule has 1 aromatic carbocycles. The zero-order valence-electron chi connectivity index (χ0n) is 12.9. The fraction of sp³-hybridized carbons (Fsp3) is 0.188. The average molecular weight is 383 g/mol. The molecule has 0 unspecified atom stereocenters. The fourth-order valence-electron chi connectivity index (χ4n) is 2.31. The lowest BCUT2D eigenvalue weighted by Gasteiger charge is -2.20. The summed E-state index contributed by atoms with van der Waals surface area (Å²) in [4.78, 5) is 23.3. The van der Waals surface area contributed by atoms with Gasteiger partial charge in [-0.3, -0.25) is 9.69 Å². The molecule has 25 heavy (non-hydrogen) atoms. The molecule has 9 heteroatoms. The van der Waals surface area contributed by atoms with Crippen molar-refractivity contribution in [3.8, 4) is 0 Å². The van der Waals surface area contributed by atoms with Crippen molar-refractivity contribution >= 4 is 46.0 Å². The second kappa shape index (κ2) is 6.64. The molecule has 3 aromatic rings. The Morgan fingerprint density at radius 2 is 1.84 bits per heavy atom. The van der Waals surface area contributed by atoms with E-state index in [0.29, 0.717) is 27.0 Å². The highest BCUT2D eigenvalue weighted by Crippen LogP contribution is 2.30. The van der Waals surface area contributed by atoms with Crippen molar-refractivity contribution in [2.75, 3.05) is 11.4 Å². The van der Waals surface area contributed by atoms with Gasteiger partial charge in [0.15, 0.2) is 0 Å². The Kier molecular flexibility index (Phi) is 4.70. The van der Waals surface area contributed by atoms with Crippen molar-refractivity contribution in [1.29, 1.82) is 0 Å². The number of nitrogens with zero attached hydrogens (tertiary/aromatic N) is 3. The summed E-state index contributed by atoms with van der Waals surface area (Å²) in [5.74, 6) is -0.00410. The van der Waals surface area contributed by atoms with Gasteiger partial charge in [0.1, 0.15) is 20.5 Å². The molecule has 2 heterocycles. The number of alkyl halides is 3. The summed E-state index contributed by atoms with van der Waals surface area (Å²) in [5, 5.41) is 0. The second-order valence-electron chi connectivity index (χ2n) is 5.11. The standard InChI is InChI=1S/C16H12F3N3OS2/c1-2-22(12-8-7-11-13(21-12)25-15(24)20-11)14(23)9-3-5-10(6-4-9)16(17,18)19/h3-8H,2H2,1H3,(H,20,24). The first-order valence-electron chi connectivity index (χ1n) is 7.25. The van der Waals surface area contributed by atoms with Gasteiger partial charge in [-0.1, -0.05) is 11.3 Å². The summed E-state index contributed by atoms with van der Waals surface area (Å²) in [6, 6.07) is 7.52. The summed E-state index contributed by atoms with van der Waals surface area (Å²) in [7, 11) is 0. The Balaban J connectivity index is 1.92. The zero-order chi connectivity index (χ0) is 18.2. The molecule has 0 fully saturated rings. The minimum atomic E-state index is -4.44. The Bertz CT molecular complexity index is 923. The minimum Gasteiger partial charge on any atom is -0.293 e. The van der Waals surface area contributed by atoms with Crippen LogP contribution in [0.15, 0.2) is 40.7 Å². The molecule has 0 aliphatic carbocycles. The van der Waals surface area contributed by atoms with Gasteiger partial charge in [0, 0.05) is 12.1 Å². The molecule has 1 amide bonds. The number of anilines is 1. The van der Waals surface area contributed by atoms with Gasteiger partial charge in [-0.2, -0.15) is 13.2 Å². The monoisotopic (exact) mass is 383 g/mol. The first-order chi connectivity index (χ1) is 11.8. The first kappa shape index (κ1) is 17.7. The van der Waals surface area contributed by atoms with Crippen molar-refractivity contribution in [3.05, 3.63) is 47.5 Å². The largest absolute Gasteiger partial charge is 0.416 e. The van der Waals surface area contributed by atoms with Crippen LogP contribution < -0.4 is 4.90 Å². The highest BCUT2D eigenvalue weighted by molar-refractivity contribution is 7.82. The van der Waals surface area contributed by atoms with Crippen LogP contribution in [0, 0.1) is 0 Å². The van der Waals surface area contributed by atoms with Gasteiger partial charge in [0.2, 0.25) is 0 Å². The van der Waals surface area contributed by atoms with E-state index < -0.39 is 17.6 Å². The van der Waals surface area contributed by atoms with Crippen LogP contribution >= 0.6 is 24.0 Å². The van der Waals surface area contributed by atoms with Crippen LogP contribution in [0.5, 0.6) is 0 Å². The topological polar surface area (TPSA) is 46.1 Å². The third kappa shape index (κ3) is 3.62. The molecular formula is C16H12F3N3OS2. The van der Waals surface area contributed by atoms with E-state index in [4.69, 9.17) is 0 Å².